The molecule has 2 N–H and O–H groups in total. The van der Waals surface area contributed by atoms with Crippen molar-refractivity contribution in [2.75, 3.05) is 18.1 Å². The topological polar surface area (TPSA) is 67.1 Å². The van der Waals surface area contributed by atoms with Crippen LogP contribution in [0, 0.1) is 5.41 Å². The Morgan fingerprint density at radius 1 is 0.528 bits per heavy atom. The highest BCUT2D eigenvalue weighted by atomic mass is 32.1. The van der Waals surface area contributed by atoms with Crippen LogP contribution in [0.15, 0.2) is 138 Å². The van der Waals surface area contributed by atoms with Crippen LogP contribution < -0.4 is 14.4 Å². The predicted octanol–water partition coefficient (Wildman–Crippen LogP) is 17.9. The molecule has 8 heteroatoms. The lowest BCUT2D eigenvalue weighted by Crippen LogP contribution is -2.29. The first-order valence-electron chi connectivity index (χ1n) is 25.6. The number of para-hydroxylation sites is 2. The number of aromatic hydroxyl groups is 2. The summed E-state index contributed by atoms with van der Waals surface area (Å²) < 4.78 is 15.2. The highest BCUT2D eigenvalue weighted by Crippen LogP contribution is 2.56. The Morgan fingerprint density at radius 2 is 1.00 bits per heavy atom. The van der Waals surface area contributed by atoms with E-state index in [1.165, 1.54) is 49.9 Å². The second kappa shape index (κ2) is 18.4. The fourth-order valence-electron chi connectivity index (χ4n) is 10.4. The van der Waals surface area contributed by atoms with E-state index < -0.39 is 0 Å². The zero-order chi connectivity index (χ0) is 51.1. The monoisotopic (exact) mass is 994 g/mol. The SMILES string of the molecule is CC(C)(C)C1=CC2c3cc(C(C)(C)C)ccc3N(c3csc(-c4ccccc4OCCCCOc4ccccc4-c4scc(-n5c6ccc(C(C)(C)C)cc6c6cc(C(C)(C)C)ccc65)c4O)c3O)C2C=C1. The Labute approximate surface area is 434 Å². The maximum atomic E-state index is 12.2. The molecule has 0 radical (unpaired) electrons. The van der Waals surface area contributed by atoms with Gasteiger partial charge in [0, 0.05) is 44.3 Å². The molecular weight excluding hydrogens is 925 g/mol. The first kappa shape index (κ1) is 49.4. The lowest BCUT2D eigenvalue weighted by atomic mass is 9.77. The number of hydrogen-bond donors (Lipinski definition) is 2. The molecule has 0 saturated heterocycles. The maximum Gasteiger partial charge on any atom is 0.158 e. The minimum absolute atomic E-state index is 0.00269. The Balaban J connectivity index is 0.839. The fraction of sp³-hybridized carbons (Fsp3) is 0.344. The second-order valence-corrected chi connectivity index (χ2v) is 25.7. The van der Waals surface area contributed by atoms with E-state index in [-0.39, 0.29) is 45.1 Å². The summed E-state index contributed by atoms with van der Waals surface area (Å²) in [5.74, 6) is 2.17. The van der Waals surface area contributed by atoms with Gasteiger partial charge >= 0.3 is 0 Å². The molecule has 2 unspecified atom stereocenters. The van der Waals surface area contributed by atoms with E-state index in [4.69, 9.17) is 9.47 Å². The number of hydrogen-bond acceptors (Lipinski definition) is 7. The maximum absolute atomic E-state index is 12.2. The van der Waals surface area contributed by atoms with E-state index in [9.17, 15) is 10.2 Å². The minimum atomic E-state index is -0.00269. The quantitative estimate of drug-likeness (QED) is 0.126. The Hall–Kier alpha value is -6.22. The van der Waals surface area contributed by atoms with Gasteiger partial charge in [-0.05, 0) is 117 Å². The number of unbranched alkanes of at least 4 members (excludes halogenated alkanes) is 1. The highest BCUT2D eigenvalue weighted by molar-refractivity contribution is 7.15. The fourth-order valence-corrected chi connectivity index (χ4v) is 12.3. The number of allylic oxidation sites excluding steroid dienone is 2. The largest absolute Gasteiger partial charge is 0.504 e. The standard InChI is InChI=1S/C64H70N2O4S2/c1-61(2,3)39-23-27-49-45(33-39)46-34-40(62(4,5)6)24-28-50(46)65(49)53-37-71-59(57(53)67)43-19-13-15-21-55(43)69-31-17-18-32-70-56-22-16-14-20-44(56)60-58(68)54(38-72-60)66-51-29-25-41(63(7,8)9)35-47(51)48-36-42(64(10,11)12)26-30-52(48)66/h13-16,19-30,33-38,45,49,67-68H,17-18,31-32H2,1-12H3. The normalized spacial score (nSPS) is 16.1. The molecule has 5 aromatic carbocycles. The molecule has 0 spiro atoms. The van der Waals surface area contributed by atoms with Gasteiger partial charge in [0.2, 0.25) is 0 Å². The number of benzene rings is 5. The summed E-state index contributed by atoms with van der Waals surface area (Å²) in [6.45, 7) is 28.2. The van der Waals surface area contributed by atoms with Gasteiger partial charge in [-0.2, -0.15) is 0 Å². The van der Waals surface area contributed by atoms with Crippen LogP contribution >= 0.6 is 22.7 Å². The summed E-state index contributed by atoms with van der Waals surface area (Å²) in [6.07, 6.45) is 8.61. The van der Waals surface area contributed by atoms with Crippen molar-refractivity contribution < 1.29 is 19.7 Å². The molecule has 2 atom stereocenters. The first-order valence-corrected chi connectivity index (χ1v) is 27.3. The zero-order valence-electron chi connectivity index (χ0n) is 44.1. The predicted molar refractivity (Wildman–Crippen MR) is 305 cm³/mol. The molecule has 0 bridgehead atoms. The van der Waals surface area contributed by atoms with Gasteiger partial charge < -0.3 is 29.2 Å². The lowest BCUT2D eigenvalue weighted by molar-refractivity contribution is 0.267. The van der Waals surface area contributed by atoms with Gasteiger partial charge in [-0.3, -0.25) is 0 Å². The van der Waals surface area contributed by atoms with Gasteiger partial charge in [0.25, 0.3) is 0 Å². The third-order valence-electron chi connectivity index (χ3n) is 14.7. The molecule has 10 rings (SSSR count). The van der Waals surface area contributed by atoms with Crippen LogP contribution in [-0.4, -0.2) is 34.0 Å². The molecule has 372 valence electrons. The number of nitrogens with zero attached hydrogens (tertiary/aromatic N) is 2. The van der Waals surface area contributed by atoms with Crippen LogP contribution in [-0.2, 0) is 16.2 Å². The van der Waals surface area contributed by atoms with E-state index in [0.29, 0.717) is 13.2 Å². The van der Waals surface area contributed by atoms with Gasteiger partial charge in [0.1, 0.15) is 11.5 Å². The van der Waals surface area contributed by atoms with Crippen molar-refractivity contribution in [3.63, 3.8) is 0 Å². The second-order valence-electron chi connectivity index (χ2n) is 23.9. The molecule has 0 amide bonds. The smallest absolute Gasteiger partial charge is 0.158 e. The van der Waals surface area contributed by atoms with Gasteiger partial charge in [-0.25, -0.2) is 0 Å². The van der Waals surface area contributed by atoms with Crippen molar-refractivity contribution in [3.05, 3.63) is 160 Å². The number of anilines is 2. The molecular formula is C64H70N2O4S2. The van der Waals surface area contributed by atoms with Crippen molar-refractivity contribution in [2.24, 2.45) is 5.41 Å². The molecule has 2 aliphatic rings. The van der Waals surface area contributed by atoms with Crippen molar-refractivity contribution in [1.82, 2.24) is 4.57 Å². The summed E-state index contributed by atoms with van der Waals surface area (Å²) in [7, 11) is 0. The average Bonchev–Trinajstić information content (AvgIpc) is 4.08. The van der Waals surface area contributed by atoms with Crippen LogP contribution in [0.25, 0.3) is 48.4 Å². The van der Waals surface area contributed by atoms with Crippen LogP contribution in [0.3, 0.4) is 0 Å². The number of fused-ring (bicyclic) bond motifs is 6. The molecule has 72 heavy (non-hydrogen) atoms. The van der Waals surface area contributed by atoms with E-state index in [1.807, 2.05) is 48.5 Å². The minimum Gasteiger partial charge on any atom is -0.504 e. The van der Waals surface area contributed by atoms with E-state index in [2.05, 4.69) is 176 Å². The third kappa shape index (κ3) is 9.04. The summed E-state index contributed by atoms with van der Waals surface area (Å²) >= 11 is 3.09. The van der Waals surface area contributed by atoms with Crippen LogP contribution in [0.5, 0.6) is 23.0 Å². The molecule has 8 aromatic rings. The molecule has 4 heterocycles. The average molecular weight is 995 g/mol. The van der Waals surface area contributed by atoms with Crippen molar-refractivity contribution in [2.45, 2.75) is 124 Å². The molecule has 3 aromatic heterocycles. The van der Waals surface area contributed by atoms with Crippen LogP contribution in [0.2, 0.25) is 0 Å². The molecule has 6 nitrogen and oxygen atoms in total. The number of thiophene rings is 2. The lowest BCUT2D eigenvalue weighted by Gasteiger charge is -2.32. The third-order valence-corrected chi connectivity index (χ3v) is 16.7. The van der Waals surface area contributed by atoms with Crippen molar-refractivity contribution in [1.29, 1.82) is 0 Å². The van der Waals surface area contributed by atoms with E-state index in [0.717, 1.165) is 73.3 Å². The van der Waals surface area contributed by atoms with Crippen molar-refractivity contribution in [3.8, 4) is 49.6 Å². The van der Waals surface area contributed by atoms with Gasteiger partial charge in [0.15, 0.2) is 11.5 Å². The van der Waals surface area contributed by atoms with E-state index in [1.54, 1.807) is 11.3 Å². The molecule has 1 aliphatic carbocycles. The van der Waals surface area contributed by atoms with Gasteiger partial charge in [-0.1, -0.05) is 150 Å². The van der Waals surface area contributed by atoms with Gasteiger partial charge in [-0.15, -0.1) is 22.7 Å². The summed E-state index contributed by atoms with van der Waals surface area (Å²) in [4.78, 5) is 3.91. The Bertz CT molecular complexity index is 3340. The van der Waals surface area contributed by atoms with E-state index >= 15 is 0 Å². The number of aromatic nitrogens is 1. The Morgan fingerprint density at radius 3 is 1.51 bits per heavy atom. The molecule has 0 saturated carbocycles. The number of rotatable bonds is 11. The zero-order valence-corrected chi connectivity index (χ0v) is 45.7. The highest BCUT2D eigenvalue weighted by Gasteiger charge is 2.41. The molecule has 1 aliphatic heterocycles. The number of ether oxygens (including phenoxy) is 2. The Kier molecular flexibility index (Phi) is 12.6. The summed E-state index contributed by atoms with van der Waals surface area (Å²) in [5, 5.41) is 30.8. The van der Waals surface area contributed by atoms with Crippen LogP contribution in [0.1, 0.15) is 124 Å². The van der Waals surface area contributed by atoms with Crippen molar-refractivity contribution >= 4 is 55.9 Å². The first-order chi connectivity index (χ1) is 34.1. The molecule has 0 fully saturated rings. The summed E-state index contributed by atoms with van der Waals surface area (Å²) in [6, 6.07) is 36.5. The van der Waals surface area contributed by atoms with Gasteiger partial charge in [0.05, 0.1) is 51.4 Å². The van der Waals surface area contributed by atoms with Crippen LogP contribution in [0.4, 0.5) is 11.4 Å². The summed E-state index contributed by atoms with van der Waals surface area (Å²) in [5.41, 5.74) is 13.2.